The van der Waals surface area contributed by atoms with E-state index in [1.54, 1.807) is 24.4 Å². The Kier molecular flexibility index (Phi) is 3.66. The number of aromatic nitrogens is 2. The van der Waals surface area contributed by atoms with Crippen molar-refractivity contribution in [3.8, 4) is 16.9 Å². The van der Waals surface area contributed by atoms with Gasteiger partial charge in [-0.25, -0.2) is 13.8 Å². The highest BCUT2D eigenvalue weighted by molar-refractivity contribution is 6.31. The molecule has 1 heterocycles. The summed E-state index contributed by atoms with van der Waals surface area (Å²) >= 11 is 11.6. The lowest BCUT2D eigenvalue weighted by molar-refractivity contribution is 0.619. The van der Waals surface area contributed by atoms with E-state index in [-0.39, 0.29) is 15.7 Å². The van der Waals surface area contributed by atoms with E-state index in [4.69, 9.17) is 23.2 Å². The summed E-state index contributed by atoms with van der Waals surface area (Å²) < 4.78 is 28.9. The molecule has 0 amide bonds. The highest BCUT2D eigenvalue weighted by atomic mass is 35.5. The van der Waals surface area contributed by atoms with Crippen molar-refractivity contribution in [1.82, 2.24) is 9.55 Å². The van der Waals surface area contributed by atoms with Crippen molar-refractivity contribution in [3.63, 3.8) is 0 Å². The van der Waals surface area contributed by atoms with Crippen molar-refractivity contribution >= 4 is 23.2 Å². The molecule has 0 aliphatic rings. The molecule has 2 aromatic carbocycles. The SMILES string of the molecule is Fc1ccc(-c2cncn2-c2cccc(Cl)c2F)cc1Cl. The van der Waals surface area contributed by atoms with Crippen LogP contribution in [-0.4, -0.2) is 9.55 Å². The lowest BCUT2D eigenvalue weighted by atomic mass is 10.1. The van der Waals surface area contributed by atoms with Crippen LogP contribution in [0.4, 0.5) is 8.78 Å². The minimum atomic E-state index is -0.549. The van der Waals surface area contributed by atoms with Crippen LogP contribution in [0.1, 0.15) is 0 Å². The van der Waals surface area contributed by atoms with Gasteiger partial charge in [0.25, 0.3) is 0 Å². The van der Waals surface area contributed by atoms with Crippen LogP contribution in [-0.2, 0) is 0 Å². The zero-order valence-electron chi connectivity index (χ0n) is 10.5. The molecule has 2 nitrogen and oxygen atoms in total. The molecule has 6 heteroatoms. The normalized spacial score (nSPS) is 10.9. The van der Waals surface area contributed by atoms with E-state index >= 15 is 0 Å². The lowest BCUT2D eigenvalue weighted by Crippen LogP contribution is -1.99. The van der Waals surface area contributed by atoms with Crippen LogP contribution in [0.2, 0.25) is 10.0 Å². The lowest BCUT2D eigenvalue weighted by Gasteiger charge is -2.10. The molecule has 0 saturated heterocycles. The third-order valence-electron chi connectivity index (χ3n) is 3.04. The first-order chi connectivity index (χ1) is 10.1. The first-order valence-electron chi connectivity index (χ1n) is 6.00. The fraction of sp³-hybridized carbons (Fsp3) is 0. The smallest absolute Gasteiger partial charge is 0.165 e. The van der Waals surface area contributed by atoms with Crippen molar-refractivity contribution in [2.24, 2.45) is 0 Å². The molecule has 0 unspecified atom stereocenters. The second-order valence-electron chi connectivity index (χ2n) is 4.35. The third-order valence-corrected chi connectivity index (χ3v) is 3.63. The molecule has 0 N–H and O–H groups in total. The second kappa shape index (κ2) is 5.47. The summed E-state index contributed by atoms with van der Waals surface area (Å²) in [5.74, 6) is -1.06. The largest absolute Gasteiger partial charge is 0.296 e. The Balaban J connectivity index is 2.17. The van der Waals surface area contributed by atoms with Crippen molar-refractivity contribution in [2.75, 3.05) is 0 Å². The topological polar surface area (TPSA) is 17.8 Å². The first kappa shape index (κ1) is 14.0. The van der Waals surface area contributed by atoms with Crippen LogP contribution in [0.25, 0.3) is 16.9 Å². The maximum absolute atomic E-state index is 14.1. The van der Waals surface area contributed by atoms with Crippen LogP contribution < -0.4 is 0 Å². The van der Waals surface area contributed by atoms with Gasteiger partial charge in [-0.1, -0.05) is 29.3 Å². The first-order valence-corrected chi connectivity index (χ1v) is 6.75. The summed E-state index contributed by atoms with van der Waals surface area (Å²) in [5, 5.41) is 0.0103. The summed E-state index contributed by atoms with van der Waals surface area (Å²) in [6.45, 7) is 0. The van der Waals surface area contributed by atoms with Crippen LogP contribution in [0.3, 0.4) is 0 Å². The monoisotopic (exact) mass is 324 g/mol. The molecule has 0 spiro atoms. The fourth-order valence-corrected chi connectivity index (χ4v) is 2.38. The maximum atomic E-state index is 14.1. The van der Waals surface area contributed by atoms with E-state index in [0.29, 0.717) is 11.3 Å². The molecule has 0 aliphatic carbocycles. The number of imidazole rings is 1. The Morgan fingerprint density at radius 2 is 1.81 bits per heavy atom. The number of nitrogens with zero attached hydrogens (tertiary/aromatic N) is 2. The minimum Gasteiger partial charge on any atom is -0.296 e. The number of hydrogen-bond acceptors (Lipinski definition) is 1. The summed E-state index contributed by atoms with van der Waals surface area (Å²) in [6.07, 6.45) is 3.01. The van der Waals surface area contributed by atoms with Crippen LogP contribution in [0.5, 0.6) is 0 Å². The van der Waals surface area contributed by atoms with E-state index in [1.165, 1.54) is 29.1 Å². The number of rotatable bonds is 2. The van der Waals surface area contributed by atoms with Gasteiger partial charge in [-0.3, -0.25) is 4.57 Å². The summed E-state index contributed by atoms with van der Waals surface area (Å²) in [6, 6.07) is 8.96. The third kappa shape index (κ3) is 2.52. The van der Waals surface area contributed by atoms with Gasteiger partial charge >= 0.3 is 0 Å². The standard InChI is InChI=1S/C15H8Cl2F2N2/c16-10-2-1-3-13(15(10)19)21-8-20-7-14(21)9-4-5-12(18)11(17)6-9/h1-8H. The highest BCUT2D eigenvalue weighted by Crippen LogP contribution is 2.29. The number of benzene rings is 2. The minimum absolute atomic E-state index is 0.00758. The summed E-state index contributed by atoms with van der Waals surface area (Å²) in [5.41, 5.74) is 1.46. The van der Waals surface area contributed by atoms with Crippen LogP contribution in [0, 0.1) is 11.6 Å². The second-order valence-corrected chi connectivity index (χ2v) is 5.17. The van der Waals surface area contributed by atoms with Gasteiger partial charge in [0.2, 0.25) is 0 Å². The molecule has 0 fully saturated rings. The molecule has 0 aliphatic heterocycles. The predicted molar refractivity (Wildman–Crippen MR) is 78.9 cm³/mol. The molecule has 3 rings (SSSR count). The van der Waals surface area contributed by atoms with E-state index in [0.717, 1.165) is 0 Å². The maximum Gasteiger partial charge on any atom is 0.165 e. The molecule has 1 aromatic heterocycles. The Morgan fingerprint density at radius 1 is 1.00 bits per heavy atom. The quantitative estimate of drug-likeness (QED) is 0.639. The van der Waals surface area contributed by atoms with Gasteiger partial charge in [-0.15, -0.1) is 0 Å². The Bertz CT molecular complexity index is 815. The van der Waals surface area contributed by atoms with Gasteiger partial charge < -0.3 is 0 Å². The fourth-order valence-electron chi connectivity index (χ4n) is 2.03. The average Bonchev–Trinajstić information content (AvgIpc) is 2.94. The van der Waals surface area contributed by atoms with Gasteiger partial charge in [0, 0.05) is 5.56 Å². The highest BCUT2D eigenvalue weighted by Gasteiger charge is 2.13. The number of halogens is 4. The predicted octanol–water partition coefficient (Wildman–Crippen LogP) is 5.12. The van der Waals surface area contributed by atoms with Gasteiger partial charge in [-0.05, 0) is 30.3 Å². The Labute approximate surface area is 129 Å². The van der Waals surface area contributed by atoms with Crippen molar-refractivity contribution < 1.29 is 8.78 Å². The molecule has 0 atom stereocenters. The summed E-state index contributed by atoms with van der Waals surface area (Å²) in [7, 11) is 0. The molecule has 0 saturated carbocycles. The van der Waals surface area contributed by atoms with Crippen molar-refractivity contribution in [1.29, 1.82) is 0 Å². The van der Waals surface area contributed by atoms with E-state index in [2.05, 4.69) is 4.98 Å². The van der Waals surface area contributed by atoms with Gasteiger partial charge in [0.05, 0.1) is 34.0 Å². The molecule has 0 bridgehead atoms. The molecule has 0 radical (unpaired) electrons. The Morgan fingerprint density at radius 3 is 2.57 bits per heavy atom. The Hall–Kier alpha value is -1.91. The van der Waals surface area contributed by atoms with E-state index < -0.39 is 11.6 Å². The summed E-state index contributed by atoms with van der Waals surface area (Å²) in [4.78, 5) is 4.01. The van der Waals surface area contributed by atoms with Crippen molar-refractivity contribution in [3.05, 3.63) is 70.6 Å². The van der Waals surface area contributed by atoms with E-state index in [9.17, 15) is 8.78 Å². The molecular formula is C15H8Cl2F2N2. The zero-order chi connectivity index (χ0) is 15.0. The average molecular weight is 325 g/mol. The molecule has 106 valence electrons. The van der Waals surface area contributed by atoms with Crippen LogP contribution in [0.15, 0.2) is 48.9 Å². The van der Waals surface area contributed by atoms with Gasteiger partial charge in [-0.2, -0.15) is 0 Å². The molecule has 3 aromatic rings. The van der Waals surface area contributed by atoms with Crippen LogP contribution >= 0.6 is 23.2 Å². The zero-order valence-corrected chi connectivity index (χ0v) is 12.0. The number of hydrogen-bond donors (Lipinski definition) is 0. The molecular weight excluding hydrogens is 317 g/mol. The van der Waals surface area contributed by atoms with Gasteiger partial charge in [0.1, 0.15) is 5.82 Å². The van der Waals surface area contributed by atoms with E-state index in [1.807, 2.05) is 0 Å². The van der Waals surface area contributed by atoms with Crippen molar-refractivity contribution in [2.45, 2.75) is 0 Å². The van der Waals surface area contributed by atoms with Gasteiger partial charge in [0.15, 0.2) is 5.82 Å². The molecule has 21 heavy (non-hydrogen) atoms.